The number of alkyl halides is 2. The minimum absolute atomic E-state index is 0.135. The minimum atomic E-state index is -2.40. The Kier molecular flexibility index (Phi) is 7.49. The number of aryl methyl sites for hydroxylation is 1. The summed E-state index contributed by atoms with van der Waals surface area (Å²) in [5.41, 5.74) is 3.20. The largest absolute Gasteiger partial charge is 0.390 e. The molecule has 2 aliphatic heterocycles. The number of rotatable bonds is 8. The lowest BCUT2D eigenvalue weighted by Crippen LogP contribution is -2.48. The topological polar surface area (TPSA) is 106 Å². The summed E-state index contributed by atoms with van der Waals surface area (Å²) < 4.78 is 27.4. The van der Waals surface area contributed by atoms with Gasteiger partial charge in [0.2, 0.25) is 0 Å². The number of nitrogens with zero attached hydrogens (tertiary/aromatic N) is 6. The van der Waals surface area contributed by atoms with Gasteiger partial charge in [-0.1, -0.05) is 6.92 Å². The first-order valence-corrected chi connectivity index (χ1v) is 13.5. The fourth-order valence-corrected chi connectivity index (χ4v) is 5.16. The summed E-state index contributed by atoms with van der Waals surface area (Å²) in [4.78, 5) is 36.6. The number of aliphatic hydroxyl groups is 1. The number of benzene rings is 1. The van der Waals surface area contributed by atoms with E-state index in [4.69, 9.17) is 0 Å². The first-order valence-electron chi connectivity index (χ1n) is 13.5. The maximum absolute atomic E-state index is 13.4. The molecule has 0 spiro atoms. The highest BCUT2D eigenvalue weighted by Gasteiger charge is 2.34. The quantitative estimate of drug-likeness (QED) is 0.440. The minimum Gasteiger partial charge on any atom is -0.390 e. The normalized spacial score (nSPS) is 17.1. The van der Waals surface area contributed by atoms with Crippen molar-refractivity contribution in [3.05, 3.63) is 53.0 Å². The number of carbonyl (C=O) groups is 2. The van der Waals surface area contributed by atoms with Gasteiger partial charge in [-0.05, 0) is 44.0 Å². The molecule has 0 radical (unpaired) electrons. The van der Waals surface area contributed by atoms with E-state index in [1.807, 2.05) is 24.8 Å². The number of hydrogen-bond acceptors (Lipinski definition) is 7. The maximum atomic E-state index is 13.4. The molecule has 1 fully saturated rings. The lowest BCUT2D eigenvalue weighted by atomic mass is 9.92. The third kappa shape index (κ3) is 5.64. The van der Waals surface area contributed by atoms with Crippen LogP contribution in [0.5, 0.6) is 0 Å². The summed E-state index contributed by atoms with van der Waals surface area (Å²) in [5.74, 6) is -0.677. The van der Waals surface area contributed by atoms with E-state index in [0.29, 0.717) is 67.4 Å². The van der Waals surface area contributed by atoms with E-state index in [9.17, 15) is 23.5 Å². The Bertz CT molecular complexity index is 1430. The van der Waals surface area contributed by atoms with Gasteiger partial charge in [-0.25, -0.2) is 18.3 Å². The van der Waals surface area contributed by atoms with Gasteiger partial charge in [-0.3, -0.25) is 14.5 Å². The Hall–Kier alpha value is -3.64. The number of aromatic nitrogens is 3. The van der Waals surface area contributed by atoms with Crippen molar-refractivity contribution in [3.8, 4) is 0 Å². The summed E-state index contributed by atoms with van der Waals surface area (Å²) in [6.45, 7) is 9.52. The molecule has 2 N–H and O–H groups in total. The Balaban J connectivity index is 1.45. The van der Waals surface area contributed by atoms with Gasteiger partial charge in [-0.15, -0.1) is 0 Å². The molecule has 12 heteroatoms. The van der Waals surface area contributed by atoms with Gasteiger partial charge in [0.15, 0.2) is 5.65 Å². The Morgan fingerprint density at radius 2 is 1.88 bits per heavy atom. The zero-order valence-electron chi connectivity index (χ0n) is 23.2. The zero-order valence-corrected chi connectivity index (χ0v) is 23.2. The van der Waals surface area contributed by atoms with Crippen LogP contribution in [0.3, 0.4) is 0 Å². The molecule has 214 valence electrons. The number of hydrogen-bond donors (Lipinski definition) is 2. The molecule has 3 aromatic rings. The van der Waals surface area contributed by atoms with Crippen molar-refractivity contribution in [1.82, 2.24) is 24.4 Å². The Morgan fingerprint density at radius 1 is 1.15 bits per heavy atom. The highest BCUT2D eigenvalue weighted by molar-refractivity contribution is 6.10. The molecule has 0 bridgehead atoms. The fourth-order valence-electron chi connectivity index (χ4n) is 5.16. The van der Waals surface area contributed by atoms with E-state index in [1.165, 1.54) is 6.20 Å². The lowest BCUT2D eigenvalue weighted by molar-refractivity contribution is 0.00983. The van der Waals surface area contributed by atoms with Crippen LogP contribution in [0.15, 0.2) is 30.7 Å². The van der Waals surface area contributed by atoms with E-state index in [1.54, 1.807) is 46.6 Å². The van der Waals surface area contributed by atoms with Crippen molar-refractivity contribution in [2.45, 2.75) is 46.3 Å². The van der Waals surface area contributed by atoms with Crippen molar-refractivity contribution in [1.29, 1.82) is 0 Å². The third-order valence-corrected chi connectivity index (χ3v) is 7.89. The highest BCUT2D eigenvalue weighted by atomic mass is 19.3. The summed E-state index contributed by atoms with van der Waals surface area (Å²) in [6.07, 6.45) is 2.52. The number of halogens is 2. The standard InChI is InChI=1S/C28H35F2N7O3/c1-17-11-31-25-21(12-32-37(25)13-17)26(38)33-22-9-19-15-36(14-18(2)28(3,4)40)27(39)20(19)10-23(22)35-7-5-34(6-8-35)16-24(29)30/h9-13,18,24,40H,5-8,14-16H2,1-4H3,(H,33,38)/t18-/m1/s1. The maximum Gasteiger partial charge on any atom is 0.261 e. The zero-order chi connectivity index (χ0) is 28.8. The molecule has 4 heterocycles. The smallest absolute Gasteiger partial charge is 0.261 e. The van der Waals surface area contributed by atoms with E-state index in [0.717, 1.165) is 11.1 Å². The van der Waals surface area contributed by atoms with Gasteiger partial charge < -0.3 is 20.2 Å². The predicted octanol–water partition coefficient (Wildman–Crippen LogP) is 3.04. The second-order valence-corrected chi connectivity index (χ2v) is 11.4. The molecule has 0 unspecified atom stereocenters. The summed E-state index contributed by atoms with van der Waals surface area (Å²) >= 11 is 0. The lowest BCUT2D eigenvalue weighted by Gasteiger charge is -2.37. The fraction of sp³-hybridized carbons (Fsp3) is 0.500. The molecule has 2 aliphatic rings. The number of carbonyl (C=O) groups excluding carboxylic acids is 2. The van der Waals surface area contributed by atoms with E-state index < -0.39 is 12.0 Å². The average Bonchev–Trinajstić information content (AvgIpc) is 3.43. The SMILES string of the molecule is Cc1cnc2c(C(=O)Nc3cc4c(cc3N3CCN(CC(F)F)CC3)C(=O)N(C[C@@H](C)C(C)(C)O)C4)cnn2c1. The second-order valence-electron chi connectivity index (χ2n) is 11.4. The number of nitrogens with one attached hydrogen (secondary N) is 1. The van der Waals surface area contributed by atoms with E-state index in [-0.39, 0.29) is 24.3 Å². The van der Waals surface area contributed by atoms with Gasteiger partial charge in [0.1, 0.15) is 5.56 Å². The first kappa shape index (κ1) is 27.9. The van der Waals surface area contributed by atoms with Crippen LogP contribution in [0.1, 0.15) is 52.6 Å². The molecule has 2 amide bonds. The molecule has 10 nitrogen and oxygen atoms in total. The average molecular weight is 556 g/mol. The monoisotopic (exact) mass is 555 g/mol. The van der Waals surface area contributed by atoms with Crippen molar-refractivity contribution < 1.29 is 23.5 Å². The summed E-state index contributed by atoms with van der Waals surface area (Å²) in [7, 11) is 0. The van der Waals surface area contributed by atoms with Crippen LogP contribution >= 0.6 is 0 Å². The van der Waals surface area contributed by atoms with E-state index in [2.05, 4.69) is 15.4 Å². The van der Waals surface area contributed by atoms with Gasteiger partial charge >= 0.3 is 0 Å². The van der Waals surface area contributed by atoms with Crippen LogP contribution in [-0.4, -0.2) is 92.6 Å². The molecule has 40 heavy (non-hydrogen) atoms. The van der Waals surface area contributed by atoms with Crippen LogP contribution in [0.4, 0.5) is 20.2 Å². The third-order valence-electron chi connectivity index (χ3n) is 7.89. The van der Waals surface area contributed by atoms with Crippen molar-refractivity contribution in [3.63, 3.8) is 0 Å². The molecular weight excluding hydrogens is 520 g/mol. The second kappa shape index (κ2) is 10.7. The molecule has 1 saturated heterocycles. The number of fused-ring (bicyclic) bond motifs is 2. The highest BCUT2D eigenvalue weighted by Crippen LogP contribution is 2.36. The number of amides is 2. The van der Waals surface area contributed by atoms with Gasteiger partial charge in [0, 0.05) is 63.1 Å². The molecule has 5 rings (SSSR count). The molecule has 2 aromatic heterocycles. The molecule has 1 atom stereocenters. The van der Waals surface area contributed by atoms with Gasteiger partial charge in [0.05, 0.1) is 29.7 Å². The molecular formula is C28H35F2N7O3. The van der Waals surface area contributed by atoms with Crippen LogP contribution in [0.2, 0.25) is 0 Å². The van der Waals surface area contributed by atoms with Crippen LogP contribution in [0.25, 0.3) is 5.65 Å². The molecule has 0 aliphatic carbocycles. The van der Waals surface area contributed by atoms with E-state index >= 15 is 0 Å². The van der Waals surface area contributed by atoms with Crippen LogP contribution < -0.4 is 10.2 Å². The summed E-state index contributed by atoms with van der Waals surface area (Å²) in [5, 5.41) is 17.7. The number of piperazine rings is 1. The van der Waals surface area contributed by atoms with Crippen LogP contribution in [-0.2, 0) is 6.54 Å². The summed E-state index contributed by atoms with van der Waals surface area (Å²) in [6, 6.07) is 3.62. The van der Waals surface area contributed by atoms with Gasteiger partial charge in [-0.2, -0.15) is 5.10 Å². The Labute approximate surface area is 231 Å². The molecule has 0 saturated carbocycles. The Morgan fingerprint density at radius 3 is 2.55 bits per heavy atom. The van der Waals surface area contributed by atoms with Crippen molar-refractivity contribution in [2.75, 3.05) is 49.5 Å². The first-order chi connectivity index (χ1) is 18.9. The van der Waals surface area contributed by atoms with Gasteiger partial charge in [0.25, 0.3) is 18.2 Å². The predicted molar refractivity (Wildman–Crippen MR) is 147 cm³/mol. The van der Waals surface area contributed by atoms with Crippen molar-refractivity contribution in [2.24, 2.45) is 5.92 Å². The van der Waals surface area contributed by atoms with Crippen molar-refractivity contribution >= 4 is 28.8 Å². The molecule has 1 aromatic carbocycles. The number of anilines is 2. The van der Waals surface area contributed by atoms with Crippen LogP contribution in [0, 0.1) is 12.8 Å².